The average molecular weight is 229 g/mol. The van der Waals surface area contributed by atoms with Crippen molar-refractivity contribution in [1.29, 1.82) is 0 Å². The van der Waals surface area contributed by atoms with E-state index >= 15 is 0 Å². The predicted molar refractivity (Wildman–Crippen MR) is 58.9 cm³/mol. The lowest BCUT2D eigenvalue weighted by Gasteiger charge is -2.10. The molecule has 0 radical (unpaired) electrons. The van der Waals surface area contributed by atoms with Gasteiger partial charge in [0.05, 0.1) is 0 Å². The molecule has 1 aromatic rings. The second-order valence-electron chi connectivity index (χ2n) is 3.04. The van der Waals surface area contributed by atoms with Crippen molar-refractivity contribution in [3.05, 3.63) is 28.8 Å². The van der Waals surface area contributed by atoms with Crippen LogP contribution in [0.3, 0.4) is 0 Å². The van der Waals surface area contributed by atoms with Crippen molar-refractivity contribution in [2.45, 2.75) is 6.54 Å². The molecular formula is C10H13ClN2O2. The normalized spacial score (nSPS) is 10.0. The molecule has 0 atom stereocenters. The minimum absolute atomic E-state index is 0.127. The van der Waals surface area contributed by atoms with E-state index in [4.69, 9.17) is 22.1 Å². The van der Waals surface area contributed by atoms with Gasteiger partial charge in [0.2, 0.25) is 0 Å². The Morgan fingerprint density at radius 3 is 2.93 bits per heavy atom. The second-order valence-corrected chi connectivity index (χ2v) is 3.47. The Morgan fingerprint density at radius 1 is 1.60 bits per heavy atom. The van der Waals surface area contributed by atoms with Gasteiger partial charge in [0.1, 0.15) is 5.75 Å². The van der Waals surface area contributed by atoms with Crippen LogP contribution in [0.15, 0.2) is 18.2 Å². The molecule has 5 heteroatoms. The van der Waals surface area contributed by atoms with E-state index in [0.717, 1.165) is 5.56 Å². The molecule has 4 nitrogen and oxygen atoms in total. The highest BCUT2D eigenvalue weighted by Gasteiger charge is 2.05. The first kappa shape index (κ1) is 11.8. The largest absolute Gasteiger partial charge is 0.483 e. The summed E-state index contributed by atoms with van der Waals surface area (Å²) in [5, 5.41) is 3.62. The molecule has 0 spiro atoms. The number of hydrogen-bond acceptors (Lipinski definition) is 3. The summed E-state index contributed by atoms with van der Waals surface area (Å²) in [6.45, 7) is 0.493. The molecular weight excluding hydrogens is 216 g/mol. The highest BCUT2D eigenvalue weighted by atomic mass is 35.5. The molecule has 0 aliphatic carbocycles. The van der Waals surface area contributed by atoms with Crippen LogP contribution in [0.4, 0.5) is 0 Å². The van der Waals surface area contributed by atoms with Gasteiger partial charge in [0.15, 0.2) is 6.61 Å². The van der Waals surface area contributed by atoms with Crippen LogP contribution in [-0.2, 0) is 11.3 Å². The van der Waals surface area contributed by atoms with Gasteiger partial charge in [-0.05, 0) is 25.2 Å². The summed E-state index contributed by atoms with van der Waals surface area (Å²) in [4.78, 5) is 10.6. The van der Waals surface area contributed by atoms with Crippen molar-refractivity contribution < 1.29 is 9.53 Å². The molecule has 0 heterocycles. The number of carbonyl (C=O) groups excluding carboxylic acids is 1. The van der Waals surface area contributed by atoms with E-state index in [1.807, 2.05) is 7.05 Å². The predicted octanol–water partition coefficient (Wildman–Crippen LogP) is 0.924. The number of halogens is 1. The monoisotopic (exact) mass is 228 g/mol. The smallest absolute Gasteiger partial charge is 0.255 e. The standard InChI is InChI=1S/C10H13ClN2O2/c1-13-5-7-4-8(11)2-3-9(7)15-6-10(12)14/h2-4,13H,5-6H2,1H3,(H2,12,14). The van der Waals surface area contributed by atoms with Crippen LogP contribution in [0.25, 0.3) is 0 Å². The first-order valence-corrected chi connectivity index (χ1v) is 4.85. The molecule has 1 aromatic carbocycles. The average Bonchev–Trinajstić information content (AvgIpc) is 2.17. The fourth-order valence-electron chi connectivity index (χ4n) is 1.17. The lowest BCUT2D eigenvalue weighted by atomic mass is 10.2. The molecule has 0 fully saturated rings. The third kappa shape index (κ3) is 3.77. The number of nitrogens with two attached hydrogens (primary N) is 1. The van der Waals surface area contributed by atoms with E-state index in [1.54, 1.807) is 18.2 Å². The topological polar surface area (TPSA) is 64.3 Å². The van der Waals surface area contributed by atoms with Crippen LogP contribution in [0.5, 0.6) is 5.75 Å². The Morgan fingerprint density at radius 2 is 2.33 bits per heavy atom. The van der Waals surface area contributed by atoms with Crippen LogP contribution in [-0.4, -0.2) is 19.6 Å². The highest BCUT2D eigenvalue weighted by Crippen LogP contribution is 2.22. The third-order valence-corrected chi connectivity index (χ3v) is 1.99. The fourth-order valence-corrected chi connectivity index (χ4v) is 1.36. The lowest BCUT2D eigenvalue weighted by Crippen LogP contribution is -2.20. The van der Waals surface area contributed by atoms with Gasteiger partial charge in [-0.2, -0.15) is 0 Å². The second kappa shape index (κ2) is 5.58. The maximum atomic E-state index is 10.6. The molecule has 1 rings (SSSR count). The Labute approximate surface area is 93.4 Å². The van der Waals surface area contributed by atoms with Crippen molar-refractivity contribution >= 4 is 17.5 Å². The summed E-state index contributed by atoms with van der Waals surface area (Å²) in [5.74, 6) is 0.118. The van der Waals surface area contributed by atoms with Gasteiger partial charge in [-0.3, -0.25) is 4.79 Å². The molecule has 0 unspecified atom stereocenters. The van der Waals surface area contributed by atoms with Gasteiger partial charge in [-0.25, -0.2) is 0 Å². The van der Waals surface area contributed by atoms with Gasteiger partial charge < -0.3 is 15.8 Å². The number of benzene rings is 1. The first-order valence-electron chi connectivity index (χ1n) is 4.47. The SMILES string of the molecule is CNCc1cc(Cl)ccc1OCC(N)=O. The van der Waals surface area contributed by atoms with Gasteiger partial charge in [0, 0.05) is 17.1 Å². The van der Waals surface area contributed by atoms with E-state index in [1.165, 1.54) is 0 Å². The third-order valence-electron chi connectivity index (χ3n) is 1.76. The van der Waals surface area contributed by atoms with Gasteiger partial charge in [-0.15, -0.1) is 0 Å². The fraction of sp³-hybridized carbons (Fsp3) is 0.300. The minimum atomic E-state index is -0.500. The number of rotatable bonds is 5. The molecule has 0 aliphatic heterocycles. The Hall–Kier alpha value is -1.26. The van der Waals surface area contributed by atoms with E-state index in [0.29, 0.717) is 17.3 Å². The summed E-state index contributed by atoms with van der Waals surface area (Å²) in [5.41, 5.74) is 5.88. The first-order chi connectivity index (χ1) is 7.13. The zero-order valence-corrected chi connectivity index (χ0v) is 9.17. The van der Waals surface area contributed by atoms with Crippen molar-refractivity contribution in [1.82, 2.24) is 5.32 Å². The number of ether oxygens (including phenoxy) is 1. The van der Waals surface area contributed by atoms with Crippen LogP contribution >= 0.6 is 11.6 Å². The number of amides is 1. The summed E-state index contributed by atoms with van der Waals surface area (Å²) in [6, 6.07) is 5.21. The summed E-state index contributed by atoms with van der Waals surface area (Å²) >= 11 is 5.84. The number of nitrogens with one attached hydrogen (secondary N) is 1. The molecule has 0 saturated heterocycles. The van der Waals surface area contributed by atoms with Crippen molar-refractivity contribution in [2.24, 2.45) is 5.73 Å². The maximum absolute atomic E-state index is 10.6. The molecule has 82 valence electrons. The Kier molecular flexibility index (Phi) is 4.39. The summed E-state index contributed by atoms with van der Waals surface area (Å²) in [6.07, 6.45) is 0. The number of hydrogen-bond donors (Lipinski definition) is 2. The van der Waals surface area contributed by atoms with E-state index in [9.17, 15) is 4.79 Å². The van der Waals surface area contributed by atoms with Crippen molar-refractivity contribution in [3.8, 4) is 5.75 Å². The highest BCUT2D eigenvalue weighted by molar-refractivity contribution is 6.30. The quantitative estimate of drug-likeness (QED) is 0.788. The lowest BCUT2D eigenvalue weighted by molar-refractivity contribution is -0.119. The summed E-state index contributed by atoms with van der Waals surface area (Å²) in [7, 11) is 1.82. The minimum Gasteiger partial charge on any atom is -0.483 e. The van der Waals surface area contributed by atoms with E-state index in [2.05, 4.69) is 5.32 Å². The van der Waals surface area contributed by atoms with E-state index in [-0.39, 0.29) is 6.61 Å². The van der Waals surface area contributed by atoms with E-state index < -0.39 is 5.91 Å². The summed E-state index contributed by atoms with van der Waals surface area (Å²) < 4.78 is 5.23. The molecule has 0 aliphatic rings. The molecule has 3 N–H and O–H groups in total. The maximum Gasteiger partial charge on any atom is 0.255 e. The van der Waals surface area contributed by atoms with Crippen LogP contribution in [0.1, 0.15) is 5.56 Å². The van der Waals surface area contributed by atoms with Crippen LogP contribution in [0, 0.1) is 0 Å². The molecule has 1 amide bonds. The molecule has 0 bridgehead atoms. The van der Waals surface area contributed by atoms with Crippen LogP contribution < -0.4 is 15.8 Å². The van der Waals surface area contributed by atoms with Gasteiger partial charge >= 0.3 is 0 Å². The van der Waals surface area contributed by atoms with Crippen LogP contribution in [0.2, 0.25) is 5.02 Å². The Balaban J connectivity index is 2.80. The Bertz CT molecular complexity index is 355. The van der Waals surface area contributed by atoms with Crippen molar-refractivity contribution in [3.63, 3.8) is 0 Å². The van der Waals surface area contributed by atoms with Gasteiger partial charge in [-0.1, -0.05) is 11.6 Å². The molecule has 0 aromatic heterocycles. The zero-order chi connectivity index (χ0) is 11.3. The molecule has 15 heavy (non-hydrogen) atoms. The molecule has 0 saturated carbocycles. The number of carbonyl (C=O) groups is 1. The van der Waals surface area contributed by atoms with Crippen molar-refractivity contribution in [2.75, 3.05) is 13.7 Å². The zero-order valence-electron chi connectivity index (χ0n) is 8.42. The number of primary amides is 1. The van der Waals surface area contributed by atoms with Gasteiger partial charge in [0.25, 0.3) is 5.91 Å².